The molecule has 0 fully saturated rings. The number of amides is 2. The van der Waals surface area contributed by atoms with E-state index in [-0.39, 0.29) is 26.0 Å². The maximum Gasteiger partial charge on any atom is 0.407 e. The average Bonchev–Trinajstić information content (AvgIpc) is 2.77. The molecule has 0 bridgehead atoms. The van der Waals surface area contributed by atoms with Gasteiger partial charge in [0.05, 0.1) is 19.6 Å². The van der Waals surface area contributed by atoms with E-state index < -0.39 is 30.1 Å². The number of nitrogens with one attached hydrogen (secondary N) is 2. The molecule has 8 heteroatoms. The van der Waals surface area contributed by atoms with E-state index in [2.05, 4.69) is 10.6 Å². The predicted octanol–water partition coefficient (Wildman–Crippen LogP) is 1.87. The Kier molecular flexibility index (Phi) is 9.51. The van der Waals surface area contributed by atoms with Gasteiger partial charge < -0.3 is 25.2 Å². The van der Waals surface area contributed by atoms with Crippen LogP contribution >= 0.6 is 0 Å². The van der Waals surface area contributed by atoms with Crippen molar-refractivity contribution < 1.29 is 29.0 Å². The average molecular weight is 428 g/mol. The number of aliphatic hydroxyl groups excluding tert-OH is 1. The van der Waals surface area contributed by atoms with E-state index >= 15 is 0 Å². The van der Waals surface area contributed by atoms with E-state index in [9.17, 15) is 19.5 Å². The van der Waals surface area contributed by atoms with Crippen molar-refractivity contribution in [1.29, 1.82) is 0 Å². The lowest BCUT2D eigenvalue weighted by atomic mass is 10.0. The molecule has 2 atom stereocenters. The highest BCUT2D eigenvalue weighted by Crippen LogP contribution is 2.08. The number of benzene rings is 2. The number of methoxy groups -OCH3 is 1. The van der Waals surface area contributed by atoms with Gasteiger partial charge in [0.1, 0.15) is 12.6 Å². The van der Waals surface area contributed by atoms with Gasteiger partial charge in [-0.1, -0.05) is 60.2 Å². The van der Waals surface area contributed by atoms with Crippen LogP contribution in [0.3, 0.4) is 0 Å². The van der Waals surface area contributed by atoms with Crippen LogP contribution in [0.2, 0.25) is 0 Å². The van der Waals surface area contributed by atoms with Gasteiger partial charge in [0.25, 0.3) is 0 Å². The number of alkyl carbamates (subject to hydrolysis) is 1. The molecular weight excluding hydrogens is 400 g/mol. The van der Waals surface area contributed by atoms with Gasteiger partial charge in [0, 0.05) is 13.0 Å². The lowest BCUT2D eigenvalue weighted by Crippen LogP contribution is -2.45. The maximum absolute atomic E-state index is 12.3. The molecule has 0 aromatic heterocycles. The molecule has 2 aromatic rings. The van der Waals surface area contributed by atoms with Crippen LogP contribution in [0.1, 0.15) is 23.1 Å². The van der Waals surface area contributed by atoms with Crippen LogP contribution in [-0.2, 0) is 32.1 Å². The van der Waals surface area contributed by atoms with Gasteiger partial charge in [-0.2, -0.15) is 0 Å². The molecule has 0 unspecified atom stereocenters. The fourth-order valence-electron chi connectivity index (χ4n) is 2.81. The first-order valence-corrected chi connectivity index (χ1v) is 9.92. The summed E-state index contributed by atoms with van der Waals surface area (Å²) >= 11 is 0. The molecule has 3 N–H and O–H groups in total. The summed E-state index contributed by atoms with van der Waals surface area (Å²) in [6, 6.07) is 15.9. The van der Waals surface area contributed by atoms with Gasteiger partial charge in [-0.25, -0.2) is 9.59 Å². The minimum Gasteiger partial charge on any atom is -0.467 e. The molecule has 2 rings (SSSR count). The summed E-state index contributed by atoms with van der Waals surface area (Å²) in [5, 5.41) is 15.0. The van der Waals surface area contributed by atoms with Gasteiger partial charge in [0.15, 0.2) is 0 Å². The fraction of sp³-hybridized carbons (Fsp3) is 0.348. The van der Waals surface area contributed by atoms with E-state index in [1.54, 1.807) is 0 Å². The van der Waals surface area contributed by atoms with Gasteiger partial charge in [-0.3, -0.25) is 4.79 Å². The van der Waals surface area contributed by atoms with Crippen LogP contribution in [0.25, 0.3) is 0 Å². The van der Waals surface area contributed by atoms with Crippen LogP contribution in [0.4, 0.5) is 4.79 Å². The molecule has 0 saturated heterocycles. The Morgan fingerprint density at radius 1 is 1.00 bits per heavy atom. The molecule has 166 valence electrons. The number of carbonyl (C=O) groups excluding carboxylic acids is 3. The zero-order valence-corrected chi connectivity index (χ0v) is 17.7. The maximum atomic E-state index is 12.3. The highest BCUT2D eigenvalue weighted by Gasteiger charge is 2.23. The second-order valence-corrected chi connectivity index (χ2v) is 7.13. The summed E-state index contributed by atoms with van der Waals surface area (Å²) in [7, 11) is 1.25. The Morgan fingerprint density at radius 2 is 1.68 bits per heavy atom. The number of esters is 1. The highest BCUT2D eigenvalue weighted by molar-refractivity contribution is 5.85. The summed E-state index contributed by atoms with van der Waals surface area (Å²) in [6.45, 7) is 1.89. The lowest BCUT2D eigenvalue weighted by molar-refractivity contribution is -0.145. The molecule has 0 spiro atoms. The number of ether oxygens (including phenoxy) is 2. The molecule has 0 aliphatic carbocycles. The van der Waals surface area contributed by atoms with Gasteiger partial charge >= 0.3 is 12.1 Å². The zero-order valence-electron chi connectivity index (χ0n) is 17.7. The number of aryl methyl sites for hydroxylation is 1. The minimum absolute atomic E-state index is 0.100. The number of carbonyl (C=O) groups is 3. The molecule has 0 saturated carbocycles. The van der Waals surface area contributed by atoms with E-state index in [1.807, 2.05) is 61.5 Å². The largest absolute Gasteiger partial charge is 0.467 e. The third-order valence-electron chi connectivity index (χ3n) is 4.50. The van der Waals surface area contributed by atoms with Crippen LogP contribution in [-0.4, -0.2) is 48.9 Å². The van der Waals surface area contributed by atoms with Crippen LogP contribution in [0.15, 0.2) is 54.6 Å². The third-order valence-corrected chi connectivity index (χ3v) is 4.50. The summed E-state index contributed by atoms with van der Waals surface area (Å²) in [5.74, 6) is -1.11. The highest BCUT2D eigenvalue weighted by atomic mass is 16.5. The third kappa shape index (κ3) is 8.88. The molecular formula is C23H28N2O6. The van der Waals surface area contributed by atoms with Crippen molar-refractivity contribution in [3.8, 4) is 0 Å². The van der Waals surface area contributed by atoms with Crippen LogP contribution < -0.4 is 10.6 Å². The molecule has 2 amide bonds. The zero-order chi connectivity index (χ0) is 22.6. The standard InChI is InChI=1S/C23H28N2O6/c1-16-8-10-17(11-9-16)12-20(22(28)30-2)25-21(27)13-19(26)14-24-23(29)31-15-18-6-4-3-5-7-18/h3-11,19-20,26H,12-15H2,1-2H3,(H,24,29)(H,25,27)/t19-,20+/m1/s1. The monoisotopic (exact) mass is 428 g/mol. The van der Waals surface area contributed by atoms with Crippen molar-refractivity contribution >= 4 is 18.0 Å². The van der Waals surface area contributed by atoms with E-state index in [4.69, 9.17) is 9.47 Å². The topological polar surface area (TPSA) is 114 Å². The molecule has 31 heavy (non-hydrogen) atoms. The summed E-state index contributed by atoms with van der Waals surface area (Å²) in [6.07, 6.45) is -1.86. The van der Waals surface area contributed by atoms with Crippen LogP contribution in [0, 0.1) is 6.92 Å². The molecule has 0 heterocycles. The summed E-state index contributed by atoms with van der Waals surface area (Å²) in [5.41, 5.74) is 2.78. The molecule has 8 nitrogen and oxygen atoms in total. The summed E-state index contributed by atoms with van der Waals surface area (Å²) < 4.78 is 9.81. The van der Waals surface area contributed by atoms with Crippen molar-refractivity contribution in [2.24, 2.45) is 0 Å². The number of hydrogen-bond donors (Lipinski definition) is 3. The Labute approximate surface area is 181 Å². The second kappa shape index (κ2) is 12.3. The Morgan fingerprint density at radius 3 is 2.32 bits per heavy atom. The first-order valence-electron chi connectivity index (χ1n) is 9.92. The minimum atomic E-state index is -1.14. The van der Waals surface area contributed by atoms with Crippen molar-refractivity contribution in [3.05, 3.63) is 71.3 Å². The number of hydrogen-bond acceptors (Lipinski definition) is 6. The number of rotatable bonds is 10. The van der Waals surface area contributed by atoms with Crippen LogP contribution in [0.5, 0.6) is 0 Å². The van der Waals surface area contributed by atoms with Gasteiger partial charge in [-0.05, 0) is 18.1 Å². The quantitative estimate of drug-likeness (QED) is 0.498. The molecule has 2 aromatic carbocycles. The molecule has 0 aliphatic rings. The first kappa shape index (κ1) is 23.9. The lowest BCUT2D eigenvalue weighted by Gasteiger charge is -2.18. The fourth-order valence-corrected chi connectivity index (χ4v) is 2.81. The first-order chi connectivity index (χ1) is 14.9. The number of aliphatic hydroxyl groups is 1. The Bertz CT molecular complexity index is 854. The predicted molar refractivity (Wildman–Crippen MR) is 114 cm³/mol. The second-order valence-electron chi connectivity index (χ2n) is 7.13. The van der Waals surface area contributed by atoms with E-state index in [1.165, 1.54) is 7.11 Å². The van der Waals surface area contributed by atoms with Crippen molar-refractivity contribution in [2.75, 3.05) is 13.7 Å². The normalized spacial score (nSPS) is 12.4. The Balaban J connectivity index is 1.76. The van der Waals surface area contributed by atoms with Gasteiger partial charge in [-0.15, -0.1) is 0 Å². The van der Waals surface area contributed by atoms with Crippen molar-refractivity contribution in [1.82, 2.24) is 10.6 Å². The molecule has 0 radical (unpaired) electrons. The summed E-state index contributed by atoms with van der Waals surface area (Å²) in [4.78, 5) is 36.0. The Hall–Kier alpha value is -3.39. The smallest absolute Gasteiger partial charge is 0.407 e. The van der Waals surface area contributed by atoms with Crippen molar-refractivity contribution in [2.45, 2.75) is 38.5 Å². The SMILES string of the molecule is COC(=O)[C@H](Cc1ccc(C)cc1)NC(=O)C[C@@H](O)CNC(=O)OCc1ccccc1. The van der Waals surface area contributed by atoms with E-state index in [0.29, 0.717) is 0 Å². The molecule has 0 aliphatic heterocycles. The van der Waals surface area contributed by atoms with Crippen molar-refractivity contribution in [3.63, 3.8) is 0 Å². The van der Waals surface area contributed by atoms with E-state index in [0.717, 1.165) is 16.7 Å². The van der Waals surface area contributed by atoms with Gasteiger partial charge in [0.2, 0.25) is 5.91 Å².